The Bertz CT molecular complexity index is 410. The molecule has 0 radical (unpaired) electrons. The molecule has 0 amide bonds. The molecule has 4 bridgehead atoms. The number of rotatable bonds is 3. The van der Waals surface area contributed by atoms with Gasteiger partial charge in [0, 0.05) is 5.88 Å². The van der Waals surface area contributed by atoms with Crippen molar-refractivity contribution in [3.05, 3.63) is 24.3 Å². The number of fused-ring (bicyclic) bond motifs is 4. The Morgan fingerprint density at radius 1 is 1.11 bits per heavy atom. The molecule has 7 atom stereocenters. The van der Waals surface area contributed by atoms with Crippen LogP contribution >= 0.6 is 11.6 Å². The van der Waals surface area contributed by atoms with Crippen molar-refractivity contribution in [3.63, 3.8) is 0 Å². The molecule has 4 aliphatic carbocycles. The molecular formula is C17H23Cl. The van der Waals surface area contributed by atoms with Gasteiger partial charge in [-0.05, 0) is 66.6 Å². The zero-order valence-corrected chi connectivity index (χ0v) is 11.9. The van der Waals surface area contributed by atoms with E-state index in [1.807, 2.05) is 0 Å². The van der Waals surface area contributed by atoms with E-state index in [9.17, 15) is 0 Å². The fraction of sp³-hybridized carbons (Fsp3) is 0.765. The van der Waals surface area contributed by atoms with Crippen molar-refractivity contribution in [2.24, 2.45) is 40.9 Å². The second kappa shape index (κ2) is 3.88. The summed E-state index contributed by atoms with van der Waals surface area (Å²) in [6.45, 7) is 2.41. The van der Waals surface area contributed by atoms with Crippen LogP contribution in [0.5, 0.6) is 0 Å². The molecule has 1 heteroatoms. The van der Waals surface area contributed by atoms with Gasteiger partial charge in [-0.2, -0.15) is 0 Å². The van der Waals surface area contributed by atoms with Gasteiger partial charge in [-0.3, -0.25) is 0 Å². The highest BCUT2D eigenvalue weighted by Gasteiger charge is 2.58. The van der Waals surface area contributed by atoms with Crippen LogP contribution in [0.3, 0.4) is 0 Å². The Labute approximate surface area is 115 Å². The van der Waals surface area contributed by atoms with E-state index < -0.39 is 0 Å². The SMILES string of the molecule is CC(CCl)C1(C2CC3C=CC2C3)CC2C=CC1C2. The van der Waals surface area contributed by atoms with E-state index in [0.29, 0.717) is 11.3 Å². The maximum atomic E-state index is 6.30. The average molecular weight is 263 g/mol. The smallest absolute Gasteiger partial charge is 0.0254 e. The van der Waals surface area contributed by atoms with Crippen molar-refractivity contribution in [1.82, 2.24) is 0 Å². The summed E-state index contributed by atoms with van der Waals surface area (Å²) in [5.74, 6) is 5.89. The van der Waals surface area contributed by atoms with Crippen LogP contribution in [0.1, 0.15) is 32.6 Å². The lowest BCUT2D eigenvalue weighted by Gasteiger charge is -2.48. The number of hydrogen-bond donors (Lipinski definition) is 0. The van der Waals surface area contributed by atoms with Gasteiger partial charge in [0.2, 0.25) is 0 Å². The lowest BCUT2D eigenvalue weighted by atomic mass is 9.57. The van der Waals surface area contributed by atoms with E-state index in [0.717, 1.165) is 35.5 Å². The number of hydrogen-bond acceptors (Lipinski definition) is 0. The number of alkyl halides is 1. The van der Waals surface area contributed by atoms with Gasteiger partial charge in [-0.1, -0.05) is 31.2 Å². The number of allylic oxidation sites excluding steroid dienone is 4. The molecule has 0 heterocycles. The monoisotopic (exact) mass is 262 g/mol. The third-order valence-electron chi connectivity index (χ3n) is 6.60. The Kier molecular flexibility index (Phi) is 2.50. The second-order valence-electron chi connectivity index (χ2n) is 7.25. The maximum absolute atomic E-state index is 6.30. The molecule has 0 aromatic carbocycles. The van der Waals surface area contributed by atoms with Gasteiger partial charge in [0.25, 0.3) is 0 Å². The molecule has 0 aromatic rings. The van der Waals surface area contributed by atoms with Crippen molar-refractivity contribution < 1.29 is 0 Å². The first-order valence-corrected chi connectivity index (χ1v) is 8.20. The first-order valence-electron chi connectivity index (χ1n) is 7.66. The minimum atomic E-state index is 0.533. The predicted molar refractivity (Wildman–Crippen MR) is 76.5 cm³/mol. The Hall–Kier alpha value is -0.230. The van der Waals surface area contributed by atoms with Crippen LogP contribution in [-0.2, 0) is 0 Å². The standard InChI is InChI=1S/C17H23Cl/c1-11(10-18)17(9-13-3-5-15(17)7-13)16-8-12-2-4-14(16)6-12/h2-5,11-16H,6-10H2,1H3. The van der Waals surface area contributed by atoms with E-state index in [-0.39, 0.29) is 0 Å². The fourth-order valence-corrected chi connectivity index (χ4v) is 6.12. The molecule has 0 N–H and O–H groups in total. The molecular weight excluding hydrogens is 240 g/mol. The van der Waals surface area contributed by atoms with Gasteiger partial charge < -0.3 is 0 Å². The topological polar surface area (TPSA) is 0 Å². The van der Waals surface area contributed by atoms with Crippen LogP contribution in [0.15, 0.2) is 24.3 Å². The predicted octanol–water partition coefficient (Wildman–Crippen LogP) is 4.66. The summed E-state index contributed by atoms with van der Waals surface area (Å²) in [6, 6.07) is 0. The molecule has 0 saturated heterocycles. The summed E-state index contributed by atoms with van der Waals surface area (Å²) < 4.78 is 0. The first kappa shape index (κ1) is 11.6. The lowest BCUT2D eigenvalue weighted by Crippen LogP contribution is -2.43. The number of halogens is 1. The quantitative estimate of drug-likeness (QED) is 0.513. The summed E-state index contributed by atoms with van der Waals surface area (Å²) in [6.07, 6.45) is 15.7. The summed E-state index contributed by atoms with van der Waals surface area (Å²) in [5, 5.41) is 0. The minimum absolute atomic E-state index is 0.533. The molecule has 2 saturated carbocycles. The zero-order valence-electron chi connectivity index (χ0n) is 11.2. The summed E-state index contributed by atoms with van der Waals surface area (Å²) >= 11 is 6.30. The average Bonchev–Trinajstić information content (AvgIpc) is 3.15. The summed E-state index contributed by atoms with van der Waals surface area (Å²) in [7, 11) is 0. The van der Waals surface area contributed by atoms with Crippen molar-refractivity contribution in [3.8, 4) is 0 Å². The third-order valence-corrected chi connectivity index (χ3v) is 7.06. The van der Waals surface area contributed by atoms with Crippen LogP contribution in [0.4, 0.5) is 0 Å². The Morgan fingerprint density at radius 2 is 1.94 bits per heavy atom. The molecule has 7 unspecified atom stereocenters. The van der Waals surface area contributed by atoms with Gasteiger partial charge in [-0.15, -0.1) is 11.6 Å². The highest BCUT2D eigenvalue weighted by atomic mass is 35.5. The molecule has 0 spiro atoms. The largest absolute Gasteiger partial charge is 0.126 e. The van der Waals surface area contributed by atoms with E-state index in [1.54, 1.807) is 0 Å². The van der Waals surface area contributed by atoms with Crippen molar-refractivity contribution >= 4 is 11.6 Å². The van der Waals surface area contributed by atoms with E-state index >= 15 is 0 Å². The van der Waals surface area contributed by atoms with Crippen molar-refractivity contribution in [1.29, 1.82) is 0 Å². The Balaban J connectivity index is 1.72. The van der Waals surface area contributed by atoms with Crippen LogP contribution < -0.4 is 0 Å². The Morgan fingerprint density at radius 3 is 2.44 bits per heavy atom. The molecule has 0 nitrogen and oxygen atoms in total. The summed E-state index contributed by atoms with van der Waals surface area (Å²) in [4.78, 5) is 0. The highest BCUT2D eigenvalue weighted by molar-refractivity contribution is 6.18. The van der Waals surface area contributed by atoms with Gasteiger partial charge in [0.1, 0.15) is 0 Å². The van der Waals surface area contributed by atoms with Gasteiger partial charge in [0.05, 0.1) is 0 Å². The van der Waals surface area contributed by atoms with Crippen LogP contribution in [0.25, 0.3) is 0 Å². The van der Waals surface area contributed by atoms with Crippen LogP contribution in [0.2, 0.25) is 0 Å². The first-order chi connectivity index (χ1) is 8.74. The van der Waals surface area contributed by atoms with Gasteiger partial charge in [-0.25, -0.2) is 0 Å². The summed E-state index contributed by atoms with van der Waals surface area (Å²) in [5.41, 5.74) is 0.533. The molecule has 4 rings (SSSR count). The normalized spacial score (nSPS) is 53.6. The molecule has 98 valence electrons. The van der Waals surface area contributed by atoms with Crippen LogP contribution in [0, 0.1) is 40.9 Å². The highest BCUT2D eigenvalue weighted by Crippen LogP contribution is 2.66. The van der Waals surface area contributed by atoms with Gasteiger partial charge >= 0.3 is 0 Å². The van der Waals surface area contributed by atoms with E-state index in [1.165, 1.54) is 25.7 Å². The van der Waals surface area contributed by atoms with Crippen LogP contribution in [-0.4, -0.2) is 5.88 Å². The molecule has 0 aromatic heterocycles. The third kappa shape index (κ3) is 1.33. The second-order valence-corrected chi connectivity index (χ2v) is 7.55. The van der Waals surface area contributed by atoms with Crippen molar-refractivity contribution in [2.45, 2.75) is 32.6 Å². The minimum Gasteiger partial charge on any atom is -0.126 e. The molecule has 0 aliphatic heterocycles. The molecule has 4 aliphatic rings. The molecule has 2 fully saturated rings. The molecule has 18 heavy (non-hydrogen) atoms. The van der Waals surface area contributed by atoms with E-state index in [2.05, 4.69) is 31.2 Å². The van der Waals surface area contributed by atoms with E-state index in [4.69, 9.17) is 11.6 Å². The fourth-order valence-electron chi connectivity index (χ4n) is 5.83. The zero-order chi connectivity index (χ0) is 12.3. The maximum Gasteiger partial charge on any atom is 0.0254 e. The van der Waals surface area contributed by atoms with Gasteiger partial charge in [0.15, 0.2) is 0 Å². The van der Waals surface area contributed by atoms with Crippen molar-refractivity contribution in [2.75, 3.05) is 5.88 Å². The lowest BCUT2D eigenvalue weighted by molar-refractivity contribution is 0.0408.